The van der Waals surface area contributed by atoms with E-state index in [9.17, 15) is 9.90 Å². The minimum Gasteiger partial charge on any atom is -0.388 e. The quantitative estimate of drug-likeness (QED) is 0.610. The lowest BCUT2D eigenvalue weighted by molar-refractivity contribution is -0.127. The standard InChI is InChI=1S/C21H28N6O2/c1-21(2,26-20(29)13-7-4-3-5-8-13)12-27-15(11-28)25-17-18(27)16-14(24-19(17)22)9-6-10-23-16/h6,9-10,13,28H,3-5,7-8,11-12H2,1-2H3,(H2,22,24)(H,26,29). The summed E-state index contributed by atoms with van der Waals surface area (Å²) in [4.78, 5) is 26.2. The zero-order valence-corrected chi connectivity index (χ0v) is 17.0. The minimum absolute atomic E-state index is 0.0854. The van der Waals surface area contributed by atoms with Crippen LogP contribution in [-0.4, -0.2) is 36.1 Å². The maximum Gasteiger partial charge on any atom is 0.223 e. The lowest BCUT2D eigenvalue weighted by Gasteiger charge is -2.31. The Balaban J connectivity index is 1.71. The van der Waals surface area contributed by atoms with Crippen molar-refractivity contribution >= 4 is 33.8 Å². The predicted molar refractivity (Wildman–Crippen MR) is 112 cm³/mol. The second kappa shape index (κ2) is 7.59. The molecule has 0 radical (unpaired) electrons. The summed E-state index contributed by atoms with van der Waals surface area (Å²) in [5, 5.41) is 13.1. The highest BCUT2D eigenvalue weighted by Gasteiger charge is 2.29. The number of rotatable bonds is 5. The molecule has 0 unspecified atom stereocenters. The molecule has 0 bridgehead atoms. The molecule has 3 aromatic heterocycles. The summed E-state index contributed by atoms with van der Waals surface area (Å²) in [7, 11) is 0. The monoisotopic (exact) mass is 396 g/mol. The molecule has 1 aliphatic carbocycles. The number of nitrogen functional groups attached to an aromatic ring is 1. The molecule has 8 heteroatoms. The van der Waals surface area contributed by atoms with Gasteiger partial charge in [-0.15, -0.1) is 0 Å². The van der Waals surface area contributed by atoms with Crippen molar-refractivity contribution in [3.63, 3.8) is 0 Å². The zero-order valence-electron chi connectivity index (χ0n) is 17.0. The summed E-state index contributed by atoms with van der Waals surface area (Å²) in [6.07, 6.45) is 7.05. The van der Waals surface area contributed by atoms with Crippen LogP contribution in [-0.2, 0) is 17.9 Å². The van der Waals surface area contributed by atoms with Crippen LogP contribution < -0.4 is 11.1 Å². The second-order valence-electron chi connectivity index (χ2n) is 8.55. The smallest absolute Gasteiger partial charge is 0.223 e. The Morgan fingerprint density at radius 2 is 2.03 bits per heavy atom. The van der Waals surface area contributed by atoms with Crippen LogP contribution in [0, 0.1) is 5.92 Å². The van der Waals surface area contributed by atoms with E-state index in [1.807, 2.05) is 30.5 Å². The van der Waals surface area contributed by atoms with Crippen molar-refractivity contribution in [1.82, 2.24) is 24.8 Å². The molecule has 3 aromatic rings. The topological polar surface area (TPSA) is 119 Å². The number of nitrogens with one attached hydrogen (secondary N) is 1. The Morgan fingerprint density at radius 3 is 2.76 bits per heavy atom. The number of carbonyl (C=O) groups is 1. The van der Waals surface area contributed by atoms with Crippen molar-refractivity contribution in [2.24, 2.45) is 5.92 Å². The second-order valence-corrected chi connectivity index (χ2v) is 8.55. The highest BCUT2D eigenvalue weighted by molar-refractivity contribution is 6.04. The number of hydrogen-bond acceptors (Lipinski definition) is 6. The van der Waals surface area contributed by atoms with E-state index >= 15 is 0 Å². The highest BCUT2D eigenvalue weighted by Crippen LogP contribution is 2.29. The van der Waals surface area contributed by atoms with Crippen molar-refractivity contribution < 1.29 is 9.90 Å². The van der Waals surface area contributed by atoms with Crippen LogP contribution in [0.2, 0.25) is 0 Å². The molecular formula is C21H28N6O2. The third-order valence-electron chi connectivity index (χ3n) is 5.67. The third kappa shape index (κ3) is 3.76. The number of aromatic nitrogens is 4. The lowest BCUT2D eigenvalue weighted by atomic mass is 9.88. The van der Waals surface area contributed by atoms with E-state index < -0.39 is 5.54 Å². The van der Waals surface area contributed by atoms with E-state index in [0.717, 1.165) is 31.2 Å². The van der Waals surface area contributed by atoms with Crippen LogP contribution in [0.15, 0.2) is 18.3 Å². The van der Waals surface area contributed by atoms with Gasteiger partial charge in [0.25, 0.3) is 0 Å². The number of fused-ring (bicyclic) bond motifs is 3. The van der Waals surface area contributed by atoms with Crippen molar-refractivity contribution in [2.45, 2.75) is 64.6 Å². The number of nitrogens with zero attached hydrogens (tertiary/aromatic N) is 4. The molecule has 4 rings (SSSR count). The maximum absolute atomic E-state index is 12.8. The van der Waals surface area contributed by atoms with Crippen molar-refractivity contribution in [2.75, 3.05) is 5.73 Å². The Hall–Kier alpha value is -2.74. The average molecular weight is 396 g/mol. The van der Waals surface area contributed by atoms with Crippen LogP contribution in [0.5, 0.6) is 0 Å². The molecule has 3 heterocycles. The molecule has 1 fully saturated rings. The van der Waals surface area contributed by atoms with Gasteiger partial charge < -0.3 is 20.7 Å². The van der Waals surface area contributed by atoms with Crippen molar-refractivity contribution in [3.05, 3.63) is 24.2 Å². The highest BCUT2D eigenvalue weighted by atomic mass is 16.3. The number of pyridine rings is 2. The molecule has 29 heavy (non-hydrogen) atoms. The Labute approximate surface area is 169 Å². The third-order valence-corrected chi connectivity index (χ3v) is 5.67. The zero-order chi connectivity index (χ0) is 20.6. The number of nitrogens with two attached hydrogens (primary N) is 1. The molecule has 1 amide bonds. The fraction of sp³-hybridized carbons (Fsp3) is 0.524. The van der Waals surface area contributed by atoms with Crippen molar-refractivity contribution in [1.29, 1.82) is 0 Å². The van der Waals surface area contributed by atoms with Gasteiger partial charge in [0.05, 0.1) is 11.1 Å². The summed E-state index contributed by atoms with van der Waals surface area (Å²) < 4.78 is 1.91. The maximum atomic E-state index is 12.8. The van der Waals surface area contributed by atoms with Gasteiger partial charge in [-0.1, -0.05) is 19.3 Å². The van der Waals surface area contributed by atoms with Gasteiger partial charge in [-0.3, -0.25) is 9.78 Å². The Bertz CT molecular complexity index is 1050. The van der Waals surface area contributed by atoms with Crippen LogP contribution in [0.25, 0.3) is 22.1 Å². The number of imidazole rings is 1. The van der Waals surface area contributed by atoms with E-state index in [1.165, 1.54) is 6.42 Å². The van der Waals surface area contributed by atoms with E-state index in [1.54, 1.807) is 6.20 Å². The molecule has 0 spiro atoms. The van der Waals surface area contributed by atoms with Gasteiger partial charge >= 0.3 is 0 Å². The fourth-order valence-corrected chi connectivity index (χ4v) is 4.30. The van der Waals surface area contributed by atoms with Crippen LogP contribution in [0.3, 0.4) is 0 Å². The first-order valence-corrected chi connectivity index (χ1v) is 10.2. The number of aliphatic hydroxyl groups is 1. The van der Waals surface area contributed by atoms with E-state index in [-0.39, 0.29) is 18.4 Å². The van der Waals surface area contributed by atoms with Gasteiger partial charge in [0.1, 0.15) is 29.0 Å². The summed E-state index contributed by atoms with van der Waals surface area (Å²) in [5.41, 5.74) is 8.21. The normalized spacial score (nSPS) is 15.8. The minimum atomic E-state index is -0.536. The number of carbonyl (C=O) groups excluding carboxylic acids is 1. The number of anilines is 1. The van der Waals surface area contributed by atoms with E-state index in [2.05, 4.69) is 20.3 Å². The van der Waals surface area contributed by atoms with E-state index in [0.29, 0.717) is 34.7 Å². The first-order valence-electron chi connectivity index (χ1n) is 10.2. The van der Waals surface area contributed by atoms with E-state index in [4.69, 9.17) is 5.73 Å². The van der Waals surface area contributed by atoms with Crippen molar-refractivity contribution in [3.8, 4) is 0 Å². The summed E-state index contributed by atoms with van der Waals surface area (Å²) in [6.45, 7) is 4.17. The Morgan fingerprint density at radius 1 is 1.28 bits per heavy atom. The molecule has 0 aromatic carbocycles. The molecule has 8 nitrogen and oxygen atoms in total. The van der Waals surface area contributed by atoms with Gasteiger partial charge in [-0.05, 0) is 38.8 Å². The molecule has 4 N–H and O–H groups in total. The molecule has 1 aliphatic rings. The number of amides is 1. The van der Waals surface area contributed by atoms with Gasteiger partial charge in [0, 0.05) is 18.7 Å². The first-order chi connectivity index (χ1) is 13.9. The summed E-state index contributed by atoms with van der Waals surface area (Å²) in [5.74, 6) is 0.973. The predicted octanol–water partition coefficient (Wildman–Crippen LogP) is 2.53. The van der Waals surface area contributed by atoms with Gasteiger partial charge in [-0.2, -0.15) is 0 Å². The fourth-order valence-electron chi connectivity index (χ4n) is 4.30. The summed E-state index contributed by atoms with van der Waals surface area (Å²) in [6, 6.07) is 3.66. The van der Waals surface area contributed by atoms with Gasteiger partial charge in [0.2, 0.25) is 5.91 Å². The average Bonchev–Trinajstić information content (AvgIpc) is 3.07. The van der Waals surface area contributed by atoms with Gasteiger partial charge in [0.15, 0.2) is 5.82 Å². The molecule has 154 valence electrons. The Kier molecular flexibility index (Phi) is 5.12. The number of aliphatic hydroxyl groups excluding tert-OH is 1. The molecular weight excluding hydrogens is 368 g/mol. The van der Waals surface area contributed by atoms with Crippen LogP contribution in [0.4, 0.5) is 5.82 Å². The molecule has 0 atom stereocenters. The summed E-state index contributed by atoms with van der Waals surface area (Å²) >= 11 is 0. The van der Waals surface area contributed by atoms with Crippen LogP contribution >= 0.6 is 0 Å². The van der Waals surface area contributed by atoms with Gasteiger partial charge in [-0.25, -0.2) is 9.97 Å². The first kappa shape index (κ1) is 19.6. The molecule has 0 saturated heterocycles. The largest absolute Gasteiger partial charge is 0.388 e. The number of hydrogen-bond donors (Lipinski definition) is 3. The SMILES string of the molecule is CC(C)(Cn1c(CO)nc2c(N)nc3cccnc3c21)NC(=O)C1CCCCC1. The van der Waals surface area contributed by atoms with Crippen LogP contribution in [0.1, 0.15) is 51.8 Å². The molecule has 0 aliphatic heterocycles. The lowest BCUT2D eigenvalue weighted by Crippen LogP contribution is -2.49. The molecule has 1 saturated carbocycles.